The number of halogens is 1. The summed E-state index contributed by atoms with van der Waals surface area (Å²) in [6, 6.07) is 1.72. The first-order valence-corrected chi connectivity index (χ1v) is 11.8. The Hall–Kier alpha value is -4.13. The minimum Gasteiger partial charge on any atom is -0.348 e. The monoisotopic (exact) mass is 570 g/mol. The SMILES string of the molecule is CN1CCN(c2ncc([N+](=O)[O-])cc2[N+](=O)[O-])CC1.CN1CCNCC1.O=[N+]([O-])c1cnc(Cl)c([N+](=O)[O-])c1. The predicted octanol–water partition coefficient (Wildman–Crippen LogP) is 1.72. The normalized spacial score (nSPS) is 15.7. The lowest BCUT2D eigenvalue weighted by Crippen LogP contribution is -2.45. The molecule has 4 rings (SSSR count). The van der Waals surface area contributed by atoms with Crippen molar-refractivity contribution in [3.63, 3.8) is 0 Å². The molecule has 0 aromatic carbocycles. The highest BCUT2D eigenvalue weighted by Gasteiger charge is 2.27. The van der Waals surface area contributed by atoms with Gasteiger partial charge in [0.2, 0.25) is 11.0 Å². The molecule has 2 fully saturated rings. The van der Waals surface area contributed by atoms with Crippen molar-refractivity contribution >= 4 is 40.2 Å². The van der Waals surface area contributed by atoms with Crippen molar-refractivity contribution in [2.45, 2.75) is 0 Å². The van der Waals surface area contributed by atoms with Crippen LogP contribution in [0.25, 0.3) is 0 Å². The molecule has 0 atom stereocenters. The van der Waals surface area contributed by atoms with E-state index in [0.29, 0.717) is 13.1 Å². The van der Waals surface area contributed by atoms with Crippen molar-refractivity contribution in [3.8, 4) is 0 Å². The van der Waals surface area contributed by atoms with Gasteiger partial charge in [-0.05, 0) is 14.1 Å². The number of anilines is 1. The van der Waals surface area contributed by atoms with E-state index in [9.17, 15) is 40.5 Å². The van der Waals surface area contributed by atoms with E-state index in [-0.39, 0.29) is 22.3 Å². The maximum atomic E-state index is 11.0. The van der Waals surface area contributed by atoms with Crippen molar-refractivity contribution in [2.75, 3.05) is 71.4 Å². The van der Waals surface area contributed by atoms with E-state index in [2.05, 4.69) is 32.1 Å². The molecule has 2 aliphatic rings. The van der Waals surface area contributed by atoms with Gasteiger partial charge in [-0.1, -0.05) is 11.6 Å². The van der Waals surface area contributed by atoms with Crippen LogP contribution in [-0.2, 0) is 0 Å². The van der Waals surface area contributed by atoms with Gasteiger partial charge >= 0.3 is 11.4 Å². The van der Waals surface area contributed by atoms with Crippen LogP contribution in [-0.4, -0.2) is 106 Å². The van der Waals surface area contributed by atoms with Crippen molar-refractivity contribution in [1.29, 1.82) is 0 Å². The van der Waals surface area contributed by atoms with Gasteiger partial charge in [0.05, 0.1) is 31.8 Å². The predicted molar refractivity (Wildman–Crippen MR) is 140 cm³/mol. The van der Waals surface area contributed by atoms with E-state index in [1.807, 2.05) is 7.05 Å². The van der Waals surface area contributed by atoms with E-state index in [1.165, 1.54) is 13.1 Å². The molecular weight excluding hydrogens is 544 g/mol. The number of nitro groups is 4. The molecule has 4 heterocycles. The second kappa shape index (κ2) is 14.7. The van der Waals surface area contributed by atoms with Gasteiger partial charge in [0.25, 0.3) is 11.4 Å². The topological polar surface area (TPSA) is 220 Å². The zero-order valence-electron chi connectivity index (χ0n) is 21.1. The highest BCUT2D eigenvalue weighted by atomic mass is 35.5. The number of piperazine rings is 2. The van der Waals surface area contributed by atoms with Gasteiger partial charge < -0.3 is 20.0 Å². The fourth-order valence-electron chi connectivity index (χ4n) is 3.36. The number of rotatable bonds is 5. The number of nitrogens with zero attached hydrogens (tertiary/aromatic N) is 9. The van der Waals surface area contributed by atoms with Gasteiger partial charge in [-0.25, -0.2) is 9.97 Å². The zero-order chi connectivity index (χ0) is 29.1. The molecule has 2 aromatic rings. The molecule has 0 saturated carbocycles. The van der Waals surface area contributed by atoms with Crippen LogP contribution in [0.3, 0.4) is 0 Å². The standard InChI is InChI=1S/C10H13N5O4.C5H2ClN3O4.C5H12N2/c1-12-2-4-13(5-3-12)10-9(15(18)19)6-8(7-11-10)14(16)17;6-5-4(9(12)13)1-3(2-7-5)8(10)11;1-7-4-2-6-3-5-7/h6-7H,2-5H2,1H3;1-2H;6H,2-5H2,1H3. The number of pyridine rings is 2. The van der Waals surface area contributed by atoms with Gasteiger partial charge in [-0.3, -0.25) is 40.5 Å². The summed E-state index contributed by atoms with van der Waals surface area (Å²) in [5.74, 6) is 0.198. The average Bonchev–Trinajstić information content (AvgIpc) is 2.90. The third-order valence-corrected chi connectivity index (χ3v) is 5.89. The number of aromatic nitrogens is 2. The van der Waals surface area contributed by atoms with Crippen LogP contribution < -0.4 is 10.2 Å². The maximum absolute atomic E-state index is 11.0. The van der Waals surface area contributed by atoms with Crippen molar-refractivity contribution in [2.24, 2.45) is 0 Å². The molecule has 39 heavy (non-hydrogen) atoms. The van der Waals surface area contributed by atoms with Gasteiger partial charge in [0, 0.05) is 52.4 Å². The molecule has 1 N–H and O–H groups in total. The summed E-state index contributed by atoms with van der Waals surface area (Å²) in [5.41, 5.74) is -1.73. The largest absolute Gasteiger partial charge is 0.348 e. The molecule has 0 bridgehead atoms. The van der Waals surface area contributed by atoms with Crippen LogP contribution in [0.15, 0.2) is 24.5 Å². The highest BCUT2D eigenvalue weighted by Crippen LogP contribution is 2.30. The highest BCUT2D eigenvalue weighted by molar-refractivity contribution is 6.31. The molecular formula is C20H27ClN10O8. The van der Waals surface area contributed by atoms with Crippen LogP contribution in [0, 0.1) is 40.5 Å². The second-order valence-electron chi connectivity index (χ2n) is 8.41. The average molecular weight is 571 g/mol. The van der Waals surface area contributed by atoms with Gasteiger partial charge in [0.15, 0.2) is 0 Å². The summed E-state index contributed by atoms with van der Waals surface area (Å²) >= 11 is 5.32. The summed E-state index contributed by atoms with van der Waals surface area (Å²) in [5, 5.41) is 45.0. The quantitative estimate of drug-likeness (QED) is 0.307. The van der Waals surface area contributed by atoms with E-state index >= 15 is 0 Å². The van der Waals surface area contributed by atoms with E-state index < -0.39 is 31.1 Å². The van der Waals surface area contributed by atoms with E-state index in [4.69, 9.17) is 11.6 Å². The lowest BCUT2D eigenvalue weighted by molar-refractivity contribution is -0.394. The summed E-state index contributed by atoms with van der Waals surface area (Å²) in [7, 11) is 4.12. The lowest BCUT2D eigenvalue weighted by Gasteiger charge is -2.32. The van der Waals surface area contributed by atoms with Crippen molar-refractivity contribution in [3.05, 3.63) is 70.1 Å². The Labute approximate surface area is 226 Å². The second-order valence-corrected chi connectivity index (χ2v) is 8.77. The molecule has 0 radical (unpaired) electrons. The number of hydrogen-bond donors (Lipinski definition) is 1. The molecule has 0 amide bonds. The molecule has 0 spiro atoms. The first kappa shape index (κ1) is 31.1. The Bertz CT molecular complexity index is 1190. The molecule has 19 heteroatoms. The Morgan fingerprint density at radius 1 is 0.718 bits per heavy atom. The lowest BCUT2D eigenvalue weighted by atomic mass is 10.3. The Kier molecular flexibility index (Phi) is 11.7. The zero-order valence-corrected chi connectivity index (χ0v) is 21.9. The third kappa shape index (κ3) is 9.60. The third-order valence-electron chi connectivity index (χ3n) is 5.60. The molecule has 0 unspecified atom stereocenters. The van der Waals surface area contributed by atoms with Crippen molar-refractivity contribution < 1.29 is 19.7 Å². The van der Waals surface area contributed by atoms with Crippen LogP contribution in [0.5, 0.6) is 0 Å². The van der Waals surface area contributed by atoms with Crippen molar-refractivity contribution in [1.82, 2.24) is 25.1 Å². The smallest absolute Gasteiger partial charge is 0.318 e. The van der Waals surface area contributed by atoms with Gasteiger partial charge in [0.1, 0.15) is 12.4 Å². The van der Waals surface area contributed by atoms with E-state index in [1.54, 1.807) is 4.90 Å². The first-order valence-electron chi connectivity index (χ1n) is 11.5. The number of hydrogen-bond acceptors (Lipinski definition) is 14. The van der Waals surface area contributed by atoms with Crippen LogP contribution in [0.4, 0.5) is 28.6 Å². The first-order chi connectivity index (χ1) is 18.4. The molecule has 0 aliphatic carbocycles. The summed E-state index contributed by atoms with van der Waals surface area (Å²) < 4.78 is 0. The van der Waals surface area contributed by atoms with Crippen LogP contribution in [0.2, 0.25) is 5.15 Å². The van der Waals surface area contributed by atoms with Crippen LogP contribution >= 0.6 is 11.6 Å². The molecule has 2 aliphatic heterocycles. The molecule has 2 saturated heterocycles. The van der Waals surface area contributed by atoms with E-state index in [0.717, 1.165) is 50.7 Å². The van der Waals surface area contributed by atoms with Crippen LogP contribution in [0.1, 0.15) is 0 Å². The minimum absolute atomic E-state index is 0.198. The fraction of sp³-hybridized carbons (Fsp3) is 0.500. The Balaban J connectivity index is 0.000000229. The summed E-state index contributed by atoms with van der Waals surface area (Å²) in [6.07, 6.45) is 1.91. The summed E-state index contributed by atoms with van der Waals surface area (Å²) in [6.45, 7) is 7.52. The summed E-state index contributed by atoms with van der Waals surface area (Å²) in [4.78, 5) is 52.6. The molecule has 18 nitrogen and oxygen atoms in total. The number of nitrogens with one attached hydrogen (secondary N) is 1. The fourth-order valence-corrected chi connectivity index (χ4v) is 3.53. The minimum atomic E-state index is -0.831. The molecule has 2 aromatic heterocycles. The Morgan fingerprint density at radius 2 is 1.18 bits per heavy atom. The van der Waals surface area contributed by atoms with Gasteiger partial charge in [-0.2, -0.15) is 0 Å². The molecule has 212 valence electrons. The maximum Gasteiger partial charge on any atom is 0.318 e. The van der Waals surface area contributed by atoms with Gasteiger partial charge in [-0.15, -0.1) is 0 Å². The Morgan fingerprint density at radius 3 is 1.62 bits per heavy atom. The number of likely N-dealkylation sites (N-methyl/N-ethyl adjacent to an activating group) is 2.